The molecule has 0 radical (unpaired) electrons. The third kappa shape index (κ3) is 6.80. The highest BCUT2D eigenvalue weighted by Crippen LogP contribution is 2.44. The summed E-state index contributed by atoms with van der Waals surface area (Å²) in [6.45, 7) is 13.5. The van der Waals surface area contributed by atoms with E-state index < -0.39 is 11.2 Å². The van der Waals surface area contributed by atoms with E-state index in [9.17, 15) is 9.59 Å². The predicted molar refractivity (Wildman–Crippen MR) is 202 cm³/mol. The third-order valence-electron chi connectivity index (χ3n) is 10.2. The Morgan fingerprint density at radius 2 is 1.68 bits per heavy atom. The average Bonchev–Trinajstić information content (AvgIpc) is 3.91. The van der Waals surface area contributed by atoms with Gasteiger partial charge in [0.05, 0.1) is 41.6 Å². The number of aromatic amines is 2. The van der Waals surface area contributed by atoms with Crippen molar-refractivity contribution in [2.45, 2.75) is 90.7 Å². The van der Waals surface area contributed by atoms with Gasteiger partial charge in [-0.1, -0.05) is 18.2 Å². The predicted octanol–water partition coefficient (Wildman–Crippen LogP) is 8.68. The first-order chi connectivity index (χ1) is 25.2. The van der Waals surface area contributed by atoms with E-state index >= 15 is 0 Å². The second kappa shape index (κ2) is 13.1. The fourth-order valence-electron chi connectivity index (χ4n) is 7.93. The van der Waals surface area contributed by atoms with Crippen LogP contribution in [0.5, 0.6) is 5.75 Å². The summed E-state index contributed by atoms with van der Waals surface area (Å²) in [6, 6.07) is 14.4. The first-order valence-corrected chi connectivity index (χ1v) is 18.5. The maximum absolute atomic E-state index is 13.3. The largest absolute Gasteiger partial charge is 0.488 e. The maximum Gasteiger partial charge on any atom is 0.410 e. The number of likely N-dealkylation sites (tertiary alicyclic amines) is 2. The van der Waals surface area contributed by atoms with Crippen LogP contribution in [0.1, 0.15) is 90.1 Å². The topological polar surface area (TPSA) is 135 Å². The van der Waals surface area contributed by atoms with Crippen LogP contribution in [0.4, 0.5) is 9.59 Å². The van der Waals surface area contributed by atoms with Gasteiger partial charge in [0.2, 0.25) is 0 Å². The number of aromatic nitrogens is 4. The molecule has 2 amide bonds. The lowest BCUT2D eigenvalue weighted by Crippen LogP contribution is -2.37. The SMILES string of the molecule is COC[C@H]1C[C@@H](c2nc3c(ccc4cc5c(cc43)OCc3cc(-c4cnc([C@@H]6CCCN6C(=O)OC(C)(C)C)[nH]4)ccc3-5)[nH]2)N(C(=O)OC(C)(C)C)C1. The van der Waals surface area contributed by atoms with Crippen molar-refractivity contribution < 1.29 is 28.5 Å². The molecule has 53 heavy (non-hydrogen) atoms. The van der Waals surface area contributed by atoms with Crippen LogP contribution >= 0.6 is 0 Å². The van der Waals surface area contributed by atoms with E-state index in [0.717, 1.165) is 86.4 Å². The van der Waals surface area contributed by atoms with Crippen LogP contribution in [0.3, 0.4) is 0 Å². The second-order valence-electron chi connectivity index (χ2n) is 16.5. The Kier molecular flexibility index (Phi) is 8.63. The normalized spacial score (nSPS) is 20.1. The molecule has 12 heteroatoms. The number of carbonyl (C=O) groups excluding carboxylic acids is 2. The van der Waals surface area contributed by atoms with Crippen molar-refractivity contribution in [3.63, 3.8) is 0 Å². The van der Waals surface area contributed by atoms with Gasteiger partial charge in [0.1, 0.15) is 35.2 Å². The molecule has 278 valence electrons. The lowest BCUT2D eigenvalue weighted by molar-refractivity contribution is 0.0202. The summed E-state index contributed by atoms with van der Waals surface area (Å²) in [6.07, 6.45) is 3.65. The number of methoxy groups -OCH3 is 1. The highest BCUT2D eigenvalue weighted by atomic mass is 16.6. The zero-order valence-electron chi connectivity index (χ0n) is 31.5. The van der Waals surface area contributed by atoms with Crippen molar-refractivity contribution in [1.29, 1.82) is 0 Å². The zero-order valence-corrected chi connectivity index (χ0v) is 31.5. The number of amides is 2. The molecule has 0 saturated carbocycles. The van der Waals surface area contributed by atoms with E-state index in [0.29, 0.717) is 26.3 Å². The minimum absolute atomic E-state index is 0.147. The van der Waals surface area contributed by atoms with E-state index in [1.54, 1.807) is 16.9 Å². The van der Waals surface area contributed by atoms with Gasteiger partial charge in [0.25, 0.3) is 0 Å². The molecule has 2 aromatic heterocycles. The Hall–Kier alpha value is -5.10. The molecule has 8 rings (SSSR count). The number of H-pyrrole nitrogens is 2. The monoisotopic (exact) mass is 720 g/mol. The molecular weight excluding hydrogens is 672 g/mol. The molecule has 3 atom stereocenters. The molecule has 5 aromatic rings. The highest BCUT2D eigenvalue weighted by molar-refractivity contribution is 6.07. The molecular formula is C41H48N6O6. The van der Waals surface area contributed by atoms with Gasteiger partial charge >= 0.3 is 12.2 Å². The molecule has 2 saturated heterocycles. The Bertz CT molecular complexity index is 2210. The number of hydrogen-bond donors (Lipinski definition) is 2. The molecule has 0 bridgehead atoms. The molecule has 0 spiro atoms. The molecule has 0 aliphatic carbocycles. The summed E-state index contributed by atoms with van der Waals surface area (Å²) < 4.78 is 23.3. The van der Waals surface area contributed by atoms with Crippen LogP contribution in [0.25, 0.3) is 44.2 Å². The Morgan fingerprint density at radius 1 is 0.906 bits per heavy atom. The van der Waals surface area contributed by atoms with Crippen LogP contribution < -0.4 is 4.74 Å². The van der Waals surface area contributed by atoms with Gasteiger partial charge in [0, 0.05) is 37.1 Å². The smallest absolute Gasteiger partial charge is 0.410 e. The number of rotatable bonds is 5. The third-order valence-corrected chi connectivity index (χ3v) is 10.2. The quantitative estimate of drug-likeness (QED) is 0.184. The first-order valence-electron chi connectivity index (χ1n) is 18.5. The molecule has 0 unspecified atom stereocenters. The minimum Gasteiger partial charge on any atom is -0.488 e. The van der Waals surface area contributed by atoms with Gasteiger partial charge in [0.15, 0.2) is 0 Å². The van der Waals surface area contributed by atoms with Crippen molar-refractivity contribution in [2.75, 3.05) is 26.8 Å². The Balaban J connectivity index is 1.06. The maximum atomic E-state index is 13.3. The van der Waals surface area contributed by atoms with Gasteiger partial charge in [-0.25, -0.2) is 19.6 Å². The van der Waals surface area contributed by atoms with E-state index in [-0.39, 0.29) is 30.2 Å². The fraction of sp³-hybridized carbons (Fsp3) is 0.463. The summed E-state index contributed by atoms with van der Waals surface area (Å²) in [7, 11) is 1.69. The fourth-order valence-corrected chi connectivity index (χ4v) is 7.93. The standard InChI is InChI=1S/C41H48N6O6/c1-40(2,3)52-38(48)46-14-8-9-32(46)36-42-19-31(44-36)25-10-12-27-26(16-25)22-51-34-18-28-24(17-29(27)34)11-13-30-35(28)45-37(43-30)33-15-23(21-50-7)20-47(33)39(49)53-41(4,5)6/h10-13,16-19,23,32-33H,8-9,14-15,20-22H2,1-7H3,(H,42,44)(H,43,45)/t23-,32-,33-/m0/s1. The molecule has 2 fully saturated rings. The summed E-state index contributed by atoms with van der Waals surface area (Å²) in [5.41, 5.74) is 5.71. The number of hydrogen-bond acceptors (Lipinski definition) is 8. The Labute approximate surface area is 309 Å². The van der Waals surface area contributed by atoms with E-state index in [1.807, 2.05) is 47.7 Å². The van der Waals surface area contributed by atoms with E-state index in [2.05, 4.69) is 52.4 Å². The molecule has 3 aliphatic rings. The summed E-state index contributed by atoms with van der Waals surface area (Å²) in [4.78, 5) is 46.6. The Morgan fingerprint density at radius 3 is 2.43 bits per heavy atom. The lowest BCUT2D eigenvalue weighted by atomic mass is 9.92. The summed E-state index contributed by atoms with van der Waals surface area (Å²) >= 11 is 0. The number of nitrogens with zero attached hydrogens (tertiary/aromatic N) is 4. The first kappa shape index (κ1) is 35.0. The lowest BCUT2D eigenvalue weighted by Gasteiger charge is -2.27. The minimum atomic E-state index is -0.602. The van der Waals surface area contributed by atoms with Crippen LogP contribution in [-0.2, 0) is 20.8 Å². The second-order valence-corrected chi connectivity index (χ2v) is 16.5. The van der Waals surface area contributed by atoms with Crippen molar-refractivity contribution in [3.05, 3.63) is 65.9 Å². The summed E-state index contributed by atoms with van der Waals surface area (Å²) in [5.74, 6) is 2.49. The van der Waals surface area contributed by atoms with Gasteiger partial charge in [-0.15, -0.1) is 0 Å². The number of nitrogens with one attached hydrogen (secondary N) is 2. The molecule has 12 nitrogen and oxygen atoms in total. The average molecular weight is 721 g/mol. The van der Waals surface area contributed by atoms with Gasteiger partial charge < -0.3 is 28.9 Å². The highest BCUT2D eigenvalue weighted by Gasteiger charge is 2.40. The van der Waals surface area contributed by atoms with Gasteiger partial charge in [-0.2, -0.15) is 0 Å². The molecule has 5 heterocycles. The molecule has 2 N–H and O–H groups in total. The van der Waals surface area contributed by atoms with Crippen LogP contribution in [0.2, 0.25) is 0 Å². The molecule has 3 aromatic carbocycles. The van der Waals surface area contributed by atoms with E-state index in [4.69, 9.17) is 28.9 Å². The zero-order chi connectivity index (χ0) is 37.2. The van der Waals surface area contributed by atoms with Crippen LogP contribution in [-0.4, -0.2) is 79.9 Å². The van der Waals surface area contributed by atoms with Gasteiger partial charge in [-0.05, 0) is 107 Å². The van der Waals surface area contributed by atoms with Gasteiger partial charge in [-0.3, -0.25) is 9.80 Å². The van der Waals surface area contributed by atoms with Crippen LogP contribution in [0.15, 0.2) is 48.7 Å². The van der Waals surface area contributed by atoms with E-state index in [1.165, 1.54) is 0 Å². The number of fused-ring (bicyclic) bond motifs is 6. The molecule has 3 aliphatic heterocycles. The number of ether oxygens (including phenoxy) is 4. The van der Waals surface area contributed by atoms with Crippen molar-refractivity contribution in [3.8, 4) is 28.1 Å². The van der Waals surface area contributed by atoms with Crippen molar-refractivity contribution in [2.24, 2.45) is 5.92 Å². The number of benzene rings is 3. The number of carbonyl (C=O) groups is 2. The van der Waals surface area contributed by atoms with Crippen LogP contribution in [0, 0.1) is 5.92 Å². The van der Waals surface area contributed by atoms with Crippen molar-refractivity contribution >= 4 is 34.0 Å². The van der Waals surface area contributed by atoms with Crippen molar-refractivity contribution in [1.82, 2.24) is 29.7 Å². The summed E-state index contributed by atoms with van der Waals surface area (Å²) in [5, 5.41) is 2.03. The number of imidazole rings is 2.